The first-order valence-corrected chi connectivity index (χ1v) is 25.9. The molecule has 15 nitrogen and oxygen atoms in total. The van der Waals surface area contributed by atoms with Gasteiger partial charge in [-0.3, -0.25) is 24.9 Å². The number of ether oxygens (including phenoxy) is 4. The van der Waals surface area contributed by atoms with Crippen LogP contribution in [0.15, 0.2) is 47.5 Å². The Morgan fingerprint density at radius 3 is 2.42 bits per heavy atom. The molecule has 5 heterocycles. The molecule has 5 aliphatic heterocycles. The zero-order valence-electron chi connectivity index (χ0n) is 41.1. The van der Waals surface area contributed by atoms with Gasteiger partial charge >= 0.3 is 0 Å². The fourth-order valence-corrected chi connectivity index (χ4v) is 14.8. The minimum Gasteiger partial charge on any atom is -0.495 e. The van der Waals surface area contributed by atoms with Gasteiger partial charge in [-0.25, -0.2) is 10.9 Å². The topological polar surface area (TPSA) is 183 Å². The summed E-state index contributed by atoms with van der Waals surface area (Å²) in [6.45, 7) is 22.2. The normalized spacial score (nSPS) is 34.1. The van der Waals surface area contributed by atoms with Crippen LogP contribution in [0, 0.1) is 45.3 Å². The number of thioether (sulfide) groups is 1. The van der Waals surface area contributed by atoms with E-state index in [1.54, 1.807) is 25.3 Å². The second kappa shape index (κ2) is 19.4. The summed E-state index contributed by atoms with van der Waals surface area (Å²) in [6, 6.07) is 16.2. The first kappa shape index (κ1) is 48.5. The molecule has 1 amide bonds. The number of rotatable bonds is 15. The van der Waals surface area contributed by atoms with Crippen molar-refractivity contribution in [2.24, 2.45) is 44.7 Å². The Morgan fingerprint density at radius 1 is 1.04 bits per heavy atom. The van der Waals surface area contributed by atoms with Crippen molar-refractivity contribution in [3.63, 3.8) is 0 Å². The van der Waals surface area contributed by atoms with E-state index in [-0.39, 0.29) is 78.2 Å². The molecule has 10 atom stereocenters. The highest BCUT2D eigenvalue weighted by Gasteiger charge is 2.64. The van der Waals surface area contributed by atoms with Crippen LogP contribution in [-0.2, 0) is 9.53 Å². The molecule has 4 saturated heterocycles. The van der Waals surface area contributed by atoms with Crippen molar-refractivity contribution < 1.29 is 23.7 Å². The van der Waals surface area contributed by atoms with Crippen molar-refractivity contribution in [1.82, 2.24) is 36.6 Å². The first-order chi connectivity index (χ1) is 32.0. The van der Waals surface area contributed by atoms with Crippen molar-refractivity contribution in [3.05, 3.63) is 53.6 Å². The summed E-state index contributed by atoms with van der Waals surface area (Å²) in [5, 5.41) is 20.8. The lowest BCUT2D eigenvalue weighted by atomic mass is 9.49. The van der Waals surface area contributed by atoms with Crippen LogP contribution in [0.4, 0.5) is 0 Å². The van der Waals surface area contributed by atoms with Crippen LogP contribution in [0.2, 0.25) is 0 Å². The predicted octanol–water partition coefficient (Wildman–Crippen LogP) is 5.00. The molecule has 1 spiro atoms. The Bertz CT molecular complexity index is 2130. The monoisotopic (exact) mass is 941 g/mol. The number of nitrogens with one attached hydrogen (secondary N) is 5. The molecule has 6 fully saturated rings. The second-order valence-corrected chi connectivity index (χ2v) is 23.4. The van der Waals surface area contributed by atoms with Crippen LogP contribution < -0.4 is 46.7 Å². The van der Waals surface area contributed by atoms with Gasteiger partial charge in [0.2, 0.25) is 5.91 Å². The average Bonchev–Trinajstić information content (AvgIpc) is 4.02. The van der Waals surface area contributed by atoms with Crippen LogP contribution in [0.5, 0.6) is 17.2 Å². The van der Waals surface area contributed by atoms with E-state index < -0.39 is 0 Å². The van der Waals surface area contributed by atoms with Crippen LogP contribution in [0.3, 0.4) is 0 Å². The number of hydrogen-bond acceptors (Lipinski definition) is 15. The van der Waals surface area contributed by atoms with E-state index in [1.165, 1.54) is 11.3 Å². The van der Waals surface area contributed by atoms with Gasteiger partial charge in [0.25, 0.3) is 0 Å². The molecule has 67 heavy (non-hydrogen) atoms. The third-order valence-electron chi connectivity index (χ3n) is 16.9. The van der Waals surface area contributed by atoms with Gasteiger partial charge in [-0.15, -0.1) is 11.8 Å². The van der Waals surface area contributed by atoms with Gasteiger partial charge < -0.3 is 35.3 Å². The largest absolute Gasteiger partial charge is 0.495 e. The number of methoxy groups -OCH3 is 1. The van der Waals surface area contributed by atoms with E-state index in [0.29, 0.717) is 51.5 Å². The molecule has 16 heteroatoms. The third-order valence-corrected chi connectivity index (χ3v) is 18.5. The maximum absolute atomic E-state index is 13.8. The maximum atomic E-state index is 13.8. The number of nitrogens with zero attached hydrogens (tertiary/aromatic N) is 4. The molecule has 10 unspecified atom stereocenters. The maximum Gasteiger partial charge on any atom is 0.225 e. The van der Waals surface area contributed by atoms with Crippen LogP contribution >= 0.6 is 11.8 Å². The van der Waals surface area contributed by atoms with E-state index in [4.69, 9.17) is 29.7 Å². The number of amides is 1. The highest BCUT2D eigenvalue weighted by Crippen LogP contribution is 2.56. The number of likely N-dealkylation sites (tertiary alicyclic amines) is 1. The third kappa shape index (κ3) is 9.34. The minimum absolute atomic E-state index is 0.0183. The highest BCUT2D eigenvalue weighted by molar-refractivity contribution is 8.00. The van der Waals surface area contributed by atoms with Gasteiger partial charge in [-0.2, -0.15) is 5.26 Å². The molecular weight excluding hydrogens is 865 g/mol. The molecular formula is C51H76N10O5S. The van der Waals surface area contributed by atoms with E-state index in [0.717, 1.165) is 64.1 Å². The van der Waals surface area contributed by atoms with Gasteiger partial charge in [-0.1, -0.05) is 41.5 Å². The molecule has 7 N–H and O–H groups in total. The minimum atomic E-state index is -0.361. The Morgan fingerprint density at radius 2 is 1.76 bits per heavy atom. The van der Waals surface area contributed by atoms with E-state index >= 15 is 0 Å². The van der Waals surface area contributed by atoms with Crippen molar-refractivity contribution in [1.29, 1.82) is 5.26 Å². The van der Waals surface area contributed by atoms with Crippen LogP contribution in [-0.4, -0.2) is 127 Å². The number of carbonyl (C=O) groups excluding carboxylic acids is 1. The number of nitriles is 1. The van der Waals surface area contributed by atoms with Gasteiger partial charge in [0.1, 0.15) is 35.6 Å². The van der Waals surface area contributed by atoms with Crippen LogP contribution in [0.1, 0.15) is 98.6 Å². The molecule has 366 valence electrons. The zero-order valence-corrected chi connectivity index (χ0v) is 42.0. The molecule has 0 aromatic heterocycles. The van der Waals surface area contributed by atoms with E-state index in [9.17, 15) is 10.1 Å². The van der Waals surface area contributed by atoms with Crippen LogP contribution in [0.25, 0.3) is 0 Å². The lowest BCUT2D eigenvalue weighted by Crippen LogP contribution is -2.75. The number of fused-ring (bicyclic) bond motifs is 3. The molecule has 9 rings (SSSR count). The summed E-state index contributed by atoms with van der Waals surface area (Å²) in [4.78, 5) is 24.5. The lowest BCUT2D eigenvalue weighted by molar-refractivity contribution is -0.174. The van der Waals surface area contributed by atoms with Gasteiger partial charge in [0.05, 0.1) is 61.2 Å². The summed E-state index contributed by atoms with van der Waals surface area (Å²) in [5.41, 5.74) is 15.9. The summed E-state index contributed by atoms with van der Waals surface area (Å²) >= 11 is 2.10. The van der Waals surface area contributed by atoms with Crippen molar-refractivity contribution in [2.75, 3.05) is 46.4 Å². The fraction of sp³-hybridized carbons (Fsp3) is 0.706. The number of carbonyl (C=O) groups is 1. The van der Waals surface area contributed by atoms with Gasteiger partial charge in [-0.05, 0) is 92.8 Å². The summed E-state index contributed by atoms with van der Waals surface area (Å²) in [7, 11) is 1.55. The number of nitrogens with two attached hydrogens (primary N) is 1. The number of piperidine rings is 1. The Balaban J connectivity index is 0.746. The number of hydrazine groups is 1. The van der Waals surface area contributed by atoms with Crippen molar-refractivity contribution in [2.45, 2.75) is 147 Å². The standard InChI is InChI=1S/C51H76N10O5S/c1-29-30(2)67-46-42(29)43(56-39(23-41-54-18-21-64-41)44-59-58-32(4)61(44)46)33-10-13-36(14-11-33)65-38-24-51(25-38)16-19-60(20-17-51)31(3)55-28-35(27-53)45(62)57-47-49(5,6)48(50(47,7)8)66-37-15-12-34(26-52)40(22-37)63-9/h10-15,22,29-32,35,38-39,41-42,44,46-48,54-55,58-59H,16-21,23-25,27-28,53H2,1-9H3,(H,57,62). The average molecular weight is 941 g/mol. The fourth-order valence-electron chi connectivity index (χ4n) is 13.0. The number of benzene rings is 2. The van der Waals surface area contributed by atoms with Gasteiger partial charge in [0, 0.05) is 79.0 Å². The van der Waals surface area contributed by atoms with Gasteiger partial charge in [0.15, 0.2) is 0 Å². The molecule has 2 aromatic carbocycles. The first-order valence-electron chi connectivity index (χ1n) is 24.9. The number of hydrogen-bond donors (Lipinski definition) is 6. The second-order valence-electron chi connectivity index (χ2n) is 21.9. The van der Waals surface area contributed by atoms with Crippen molar-refractivity contribution >= 4 is 23.4 Å². The van der Waals surface area contributed by atoms with E-state index in [2.05, 4.69) is 134 Å². The predicted molar refractivity (Wildman–Crippen MR) is 262 cm³/mol. The molecule has 2 aromatic rings. The summed E-state index contributed by atoms with van der Waals surface area (Å²) in [5.74, 6) is 2.46. The molecule has 0 bridgehead atoms. The van der Waals surface area contributed by atoms with Crippen molar-refractivity contribution in [3.8, 4) is 23.3 Å². The molecule has 7 aliphatic rings. The quantitative estimate of drug-likeness (QED) is 0.140. The Hall–Kier alpha value is -3.50. The Kier molecular flexibility index (Phi) is 14.0. The summed E-state index contributed by atoms with van der Waals surface area (Å²) < 4.78 is 24.6. The SMILES string of the molecule is COc1cc(OC2C(C)(C)C(NC(=O)C(CN)CNC(C)N3CCC4(CC3)CC(Oc3ccc(C5=NC(CC6NCCO6)C6NNC(C)N6C6SC(C)C(C)C56)cc3)C4)C2(C)C)ccc1C#N. The molecule has 0 radical (unpaired) electrons. The summed E-state index contributed by atoms with van der Waals surface area (Å²) in [6.07, 6.45) is 5.79. The Labute approximate surface area is 402 Å². The highest BCUT2D eigenvalue weighted by atomic mass is 32.2. The number of aliphatic imine (C=N–C) groups is 1. The lowest BCUT2D eigenvalue weighted by Gasteiger charge is -2.63. The smallest absolute Gasteiger partial charge is 0.225 e. The van der Waals surface area contributed by atoms with E-state index in [1.807, 2.05) is 0 Å². The zero-order chi connectivity index (χ0) is 47.4. The molecule has 2 aliphatic carbocycles. The molecule has 2 saturated carbocycles.